The molecule has 120 valence electrons. The van der Waals surface area contributed by atoms with E-state index in [1.54, 1.807) is 11.3 Å². The van der Waals surface area contributed by atoms with Crippen LogP contribution in [0.25, 0.3) is 11.3 Å². The molecule has 3 nitrogen and oxygen atoms in total. The fraction of sp³-hybridized carbons (Fsp3) is 0.444. The van der Waals surface area contributed by atoms with Gasteiger partial charge >= 0.3 is 5.97 Å². The van der Waals surface area contributed by atoms with Gasteiger partial charge in [0, 0.05) is 16.0 Å². The second kappa shape index (κ2) is 5.91. The van der Waals surface area contributed by atoms with Crippen molar-refractivity contribution in [3.8, 4) is 11.3 Å². The smallest absolute Gasteiger partial charge is 0.307 e. The molecule has 1 aromatic carbocycles. The molecule has 1 atom stereocenters. The highest BCUT2D eigenvalue weighted by atomic mass is 35.5. The summed E-state index contributed by atoms with van der Waals surface area (Å²) in [4.78, 5) is 16.8. The number of hydrogen-bond donors (Lipinski definition) is 0. The van der Waals surface area contributed by atoms with Crippen LogP contribution in [0.4, 0.5) is 0 Å². The molecule has 23 heavy (non-hydrogen) atoms. The summed E-state index contributed by atoms with van der Waals surface area (Å²) < 4.78 is 5.80. The van der Waals surface area contributed by atoms with Gasteiger partial charge in [0.05, 0.1) is 18.0 Å². The van der Waals surface area contributed by atoms with Gasteiger partial charge in [0.1, 0.15) is 10.6 Å². The van der Waals surface area contributed by atoms with Crippen molar-refractivity contribution in [1.29, 1.82) is 0 Å². The Morgan fingerprint density at radius 1 is 1.17 bits per heavy atom. The van der Waals surface area contributed by atoms with Crippen LogP contribution in [0, 0.1) is 0 Å². The van der Waals surface area contributed by atoms with Crippen molar-refractivity contribution in [2.45, 2.75) is 50.0 Å². The molecule has 2 heterocycles. The van der Waals surface area contributed by atoms with Gasteiger partial charge in [0.25, 0.3) is 0 Å². The van der Waals surface area contributed by atoms with Gasteiger partial charge in [-0.05, 0) is 37.8 Å². The number of nitrogens with zero attached hydrogens (tertiary/aromatic N) is 1. The Morgan fingerprint density at radius 3 is 2.65 bits per heavy atom. The van der Waals surface area contributed by atoms with E-state index in [0.29, 0.717) is 6.42 Å². The normalized spacial score (nSPS) is 23.2. The van der Waals surface area contributed by atoms with Crippen LogP contribution >= 0.6 is 22.9 Å². The third-order valence-corrected chi connectivity index (χ3v) is 6.19. The van der Waals surface area contributed by atoms with Gasteiger partial charge in [-0.2, -0.15) is 0 Å². The zero-order valence-corrected chi connectivity index (χ0v) is 14.3. The van der Waals surface area contributed by atoms with E-state index in [4.69, 9.17) is 21.3 Å². The lowest BCUT2D eigenvalue weighted by Crippen LogP contribution is -2.36. The van der Waals surface area contributed by atoms with Crippen LogP contribution in [0.5, 0.6) is 0 Å². The Labute approximate surface area is 144 Å². The molecule has 1 spiro atoms. The second-order valence-corrected chi connectivity index (χ2v) is 7.76. The van der Waals surface area contributed by atoms with E-state index in [0.717, 1.165) is 47.0 Å². The van der Waals surface area contributed by atoms with Crippen molar-refractivity contribution >= 4 is 28.9 Å². The first kappa shape index (κ1) is 15.2. The zero-order valence-electron chi connectivity index (χ0n) is 12.8. The first-order chi connectivity index (χ1) is 11.2. The lowest BCUT2D eigenvalue weighted by molar-refractivity contribution is -0.151. The molecule has 0 bridgehead atoms. The average Bonchev–Trinajstić information content (AvgIpc) is 3.14. The van der Waals surface area contributed by atoms with E-state index in [-0.39, 0.29) is 17.5 Å². The van der Waals surface area contributed by atoms with E-state index >= 15 is 0 Å². The van der Waals surface area contributed by atoms with Crippen LogP contribution in [0.3, 0.4) is 0 Å². The molecule has 5 heteroatoms. The third-order valence-electron chi connectivity index (χ3n) is 4.98. The minimum atomic E-state index is -0.301. The van der Waals surface area contributed by atoms with Crippen LogP contribution < -0.4 is 0 Å². The maximum atomic E-state index is 12.0. The van der Waals surface area contributed by atoms with Crippen LogP contribution in [0.1, 0.15) is 49.5 Å². The molecule has 1 aromatic heterocycles. The van der Waals surface area contributed by atoms with Crippen molar-refractivity contribution in [2.75, 3.05) is 0 Å². The average molecular weight is 348 g/mol. The summed E-state index contributed by atoms with van der Waals surface area (Å²) >= 11 is 7.59. The number of aromatic nitrogens is 1. The SMILES string of the molecule is O=C1C[C@@H](c2nc(-c3ccc(Cl)cc3)cs2)C2(CCCCC2)O1. The molecule has 1 saturated carbocycles. The van der Waals surface area contributed by atoms with Crippen LogP contribution in [-0.4, -0.2) is 16.6 Å². The molecule has 0 amide bonds. The van der Waals surface area contributed by atoms with Crippen LogP contribution in [-0.2, 0) is 9.53 Å². The van der Waals surface area contributed by atoms with Gasteiger partial charge in [-0.15, -0.1) is 11.3 Å². The van der Waals surface area contributed by atoms with E-state index in [9.17, 15) is 4.79 Å². The number of esters is 1. The highest BCUT2D eigenvalue weighted by Gasteiger charge is 2.51. The Kier molecular flexibility index (Phi) is 3.90. The summed E-state index contributed by atoms with van der Waals surface area (Å²) in [6, 6.07) is 7.71. The molecule has 2 fully saturated rings. The number of carbonyl (C=O) groups is 1. The highest BCUT2D eigenvalue weighted by molar-refractivity contribution is 7.10. The Morgan fingerprint density at radius 2 is 1.91 bits per heavy atom. The molecule has 1 saturated heterocycles. The summed E-state index contributed by atoms with van der Waals surface area (Å²) in [6.07, 6.45) is 5.92. The van der Waals surface area contributed by atoms with E-state index < -0.39 is 0 Å². The van der Waals surface area contributed by atoms with Gasteiger partial charge in [0.15, 0.2) is 0 Å². The van der Waals surface area contributed by atoms with E-state index in [1.165, 1.54) is 6.42 Å². The van der Waals surface area contributed by atoms with E-state index in [2.05, 4.69) is 5.38 Å². The molecular formula is C18H18ClNO2S. The lowest BCUT2D eigenvalue weighted by atomic mass is 9.76. The van der Waals surface area contributed by atoms with Gasteiger partial charge < -0.3 is 4.74 Å². The summed E-state index contributed by atoms with van der Waals surface area (Å²) in [5.74, 6) is 0.0430. The van der Waals surface area contributed by atoms with Crippen molar-refractivity contribution < 1.29 is 9.53 Å². The van der Waals surface area contributed by atoms with Crippen molar-refractivity contribution in [3.05, 3.63) is 39.7 Å². The molecule has 2 aliphatic rings. The maximum absolute atomic E-state index is 12.0. The number of ether oxygens (including phenoxy) is 1. The molecule has 4 rings (SSSR count). The molecule has 0 N–H and O–H groups in total. The maximum Gasteiger partial charge on any atom is 0.307 e. The predicted octanol–water partition coefficient (Wildman–Crippen LogP) is 5.20. The second-order valence-electron chi connectivity index (χ2n) is 6.43. The quantitative estimate of drug-likeness (QED) is 0.701. The first-order valence-corrected chi connectivity index (χ1v) is 9.35. The minimum Gasteiger partial charge on any atom is -0.458 e. The lowest BCUT2D eigenvalue weighted by Gasteiger charge is -2.35. The summed E-state index contributed by atoms with van der Waals surface area (Å²) in [6.45, 7) is 0. The Balaban J connectivity index is 1.65. The van der Waals surface area contributed by atoms with Gasteiger partial charge in [-0.3, -0.25) is 4.79 Å². The number of benzene rings is 1. The number of rotatable bonds is 2. The molecule has 1 aliphatic carbocycles. The molecular weight excluding hydrogens is 330 g/mol. The Bertz CT molecular complexity index is 719. The molecule has 2 aromatic rings. The van der Waals surface area contributed by atoms with Gasteiger partial charge in [-0.25, -0.2) is 4.98 Å². The summed E-state index contributed by atoms with van der Waals surface area (Å²) in [5, 5.41) is 3.82. The number of thiazole rings is 1. The third kappa shape index (κ3) is 2.79. The van der Waals surface area contributed by atoms with Crippen molar-refractivity contribution in [1.82, 2.24) is 4.98 Å². The predicted molar refractivity (Wildman–Crippen MR) is 91.8 cm³/mol. The fourth-order valence-electron chi connectivity index (χ4n) is 3.81. The Hall–Kier alpha value is -1.39. The molecule has 0 unspecified atom stereocenters. The number of carbonyl (C=O) groups excluding carboxylic acids is 1. The van der Waals surface area contributed by atoms with Gasteiger partial charge in [0.2, 0.25) is 0 Å². The van der Waals surface area contributed by atoms with E-state index in [1.807, 2.05) is 24.3 Å². The highest BCUT2D eigenvalue weighted by Crippen LogP contribution is 2.50. The van der Waals surface area contributed by atoms with Crippen molar-refractivity contribution in [2.24, 2.45) is 0 Å². The minimum absolute atomic E-state index is 0.0693. The largest absolute Gasteiger partial charge is 0.458 e. The topological polar surface area (TPSA) is 39.2 Å². The van der Waals surface area contributed by atoms with Gasteiger partial charge in [-0.1, -0.05) is 30.2 Å². The number of hydrogen-bond acceptors (Lipinski definition) is 4. The number of halogens is 1. The molecule has 1 aliphatic heterocycles. The summed E-state index contributed by atoms with van der Waals surface area (Å²) in [5.41, 5.74) is 1.71. The summed E-state index contributed by atoms with van der Waals surface area (Å²) in [7, 11) is 0. The standard InChI is InChI=1S/C18H18ClNO2S/c19-13-6-4-12(5-7-13)15-11-23-17(20-15)14-10-16(21)22-18(14)8-2-1-3-9-18/h4-7,11,14H,1-3,8-10H2/t14-/m0/s1. The molecule has 0 radical (unpaired) electrons. The van der Waals surface area contributed by atoms with Crippen LogP contribution in [0.2, 0.25) is 5.02 Å². The monoisotopic (exact) mass is 347 g/mol. The zero-order chi connectivity index (χ0) is 15.9. The van der Waals surface area contributed by atoms with Crippen LogP contribution in [0.15, 0.2) is 29.6 Å². The fourth-order valence-corrected chi connectivity index (χ4v) is 4.97. The van der Waals surface area contributed by atoms with Crippen molar-refractivity contribution in [3.63, 3.8) is 0 Å². The first-order valence-electron chi connectivity index (χ1n) is 8.09.